The normalized spacial score (nSPS) is 16.6. The maximum Gasteiger partial charge on any atom is 0.308 e. The van der Waals surface area contributed by atoms with Gasteiger partial charge in [0.2, 0.25) is 12.4 Å². The summed E-state index contributed by atoms with van der Waals surface area (Å²) in [6.07, 6.45) is 55.1. The van der Waals surface area contributed by atoms with Crippen LogP contribution < -0.4 is 0 Å². The molecule has 75 heavy (non-hydrogen) atoms. The molecule has 1 rings (SSSR count). The van der Waals surface area contributed by atoms with Crippen LogP contribution in [-0.2, 0) is 42.9 Å². The Kier molecular flexibility index (Phi) is 52.2. The van der Waals surface area contributed by atoms with Crippen molar-refractivity contribution in [1.82, 2.24) is 4.90 Å². The van der Waals surface area contributed by atoms with Crippen molar-refractivity contribution < 1.29 is 42.9 Å². The largest absolute Gasteiger partial charge is 0.463 e. The highest BCUT2D eigenvalue weighted by atomic mass is 16.8. The van der Waals surface area contributed by atoms with Crippen LogP contribution in [0.2, 0.25) is 0 Å². The van der Waals surface area contributed by atoms with Crippen LogP contribution in [0.3, 0.4) is 0 Å². The molecule has 0 spiro atoms. The van der Waals surface area contributed by atoms with Crippen LogP contribution in [0.5, 0.6) is 0 Å². The Labute approximate surface area is 462 Å². The van der Waals surface area contributed by atoms with Gasteiger partial charge in [-0.3, -0.25) is 19.2 Å². The van der Waals surface area contributed by atoms with Gasteiger partial charge in [-0.2, -0.15) is 0 Å². The van der Waals surface area contributed by atoms with Crippen LogP contribution in [0.15, 0.2) is 36.5 Å². The van der Waals surface area contributed by atoms with Gasteiger partial charge in [0.25, 0.3) is 0 Å². The molecule has 0 radical (unpaired) electrons. The maximum absolute atomic E-state index is 13.5. The van der Waals surface area contributed by atoms with Crippen molar-refractivity contribution in [2.75, 3.05) is 27.2 Å². The Morgan fingerprint density at radius 1 is 0.373 bits per heavy atom. The Hall–Kier alpha value is -2.98. The maximum atomic E-state index is 13.5. The van der Waals surface area contributed by atoms with E-state index in [1.807, 2.05) is 19.0 Å². The summed E-state index contributed by atoms with van der Waals surface area (Å²) in [5.41, 5.74) is 0. The second-order valence-electron chi connectivity index (χ2n) is 21.7. The summed E-state index contributed by atoms with van der Waals surface area (Å²) < 4.78 is 29.9. The molecule has 4 atom stereocenters. The SMILES string of the molecule is C.CCCCCCCC/C=C\CCCCCCCC(=O)OC1[C@H](OC(=O)CCCCCCC/C=C\CCCCCCCC)O[C@H](COC(=O)CCN(C)C)[C@@H]1OC(=O)CCCCCCC/C=C\CCCCCCCC. The van der Waals surface area contributed by atoms with Gasteiger partial charge in [0, 0.05) is 25.8 Å². The Bertz CT molecular complexity index is 1410. The molecule has 1 heterocycles. The molecule has 1 saturated heterocycles. The number of unbranched alkanes of at least 4 members (excludes halogenated alkanes) is 33. The van der Waals surface area contributed by atoms with Gasteiger partial charge in [-0.25, -0.2) is 0 Å². The molecule has 10 nitrogen and oxygen atoms in total. The molecule has 0 saturated carbocycles. The van der Waals surface area contributed by atoms with Crippen LogP contribution in [0.1, 0.15) is 304 Å². The van der Waals surface area contributed by atoms with E-state index in [0.29, 0.717) is 25.8 Å². The standard InChI is InChI=1S/C64H115NO9.CH4/c1-6-9-12-15-18-21-24-27-30-33-36-39-42-45-48-51-59(67)72-62-57(56-70-58(66)54-55-65(4)5)71-64(74-61(69)53-50-47-44-41-38-35-32-29-26-23-20-17-14-11-8-3)63(62)73-60(68)52-49-46-43-40-37-34-31-28-25-22-19-16-13-10-7-2;/h27-32,57,62-64H,6-26,33-56H2,1-5H3;1H4/b30-27-,31-28-,32-29-;/t57-,62+,63?,64+;/m1./s1. The minimum Gasteiger partial charge on any atom is -0.463 e. The lowest BCUT2D eigenvalue weighted by atomic mass is 10.1. The first-order chi connectivity index (χ1) is 36.2. The van der Waals surface area contributed by atoms with Gasteiger partial charge in [-0.05, 0) is 110 Å². The third-order valence-electron chi connectivity index (χ3n) is 14.1. The number of esters is 4. The molecular formula is C65H119NO9. The lowest BCUT2D eigenvalue weighted by Gasteiger charge is -2.24. The van der Waals surface area contributed by atoms with E-state index < -0.39 is 48.5 Å². The average Bonchev–Trinajstić information content (AvgIpc) is 3.69. The molecule has 1 aliphatic rings. The summed E-state index contributed by atoms with van der Waals surface area (Å²) in [5.74, 6) is -1.80. The van der Waals surface area contributed by atoms with E-state index in [9.17, 15) is 19.2 Å². The third kappa shape index (κ3) is 45.7. The Balaban J connectivity index is 0.0000548. The van der Waals surface area contributed by atoms with Crippen molar-refractivity contribution >= 4 is 23.9 Å². The van der Waals surface area contributed by atoms with Gasteiger partial charge in [0.15, 0.2) is 6.10 Å². The molecule has 0 aliphatic carbocycles. The summed E-state index contributed by atoms with van der Waals surface area (Å²) in [6, 6.07) is 0. The molecular weight excluding hydrogens is 939 g/mol. The number of ether oxygens (including phenoxy) is 5. The topological polar surface area (TPSA) is 118 Å². The lowest BCUT2D eigenvalue weighted by molar-refractivity contribution is -0.200. The zero-order valence-corrected chi connectivity index (χ0v) is 48.7. The van der Waals surface area contributed by atoms with Gasteiger partial charge < -0.3 is 28.6 Å². The second-order valence-corrected chi connectivity index (χ2v) is 21.7. The highest BCUT2D eigenvalue weighted by Crippen LogP contribution is 2.30. The van der Waals surface area contributed by atoms with E-state index in [4.69, 9.17) is 23.7 Å². The van der Waals surface area contributed by atoms with Crippen molar-refractivity contribution in [2.24, 2.45) is 0 Å². The van der Waals surface area contributed by atoms with Crippen LogP contribution >= 0.6 is 0 Å². The molecule has 1 aliphatic heterocycles. The van der Waals surface area contributed by atoms with Gasteiger partial charge in [0.05, 0.1) is 6.42 Å². The second kappa shape index (κ2) is 54.4. The van der Waals surface area contributed by atoms with Crippen molar-refractivity contribution in [3.8, 4) is 0 Å². The number of rotatable bonds is 53. The Morgan fingerprint density at radius 2 is 0.667 bits per heavy atom. The van der Waals surface area contributed by atoms with E-state index in [2.05, 4.69) is 57.2 Å². The molecule has 0 N–H and O–H groups in total. The number of carbonyl (C=O) groups excluding carboxylic acids is 4. The number of allylic oxidation sites excluding steroid dienone is 6. The molecule has 1 fully saturated rings. The zero-order valence-electron chi connectivity index (χ0n) is 48.7. The number of carbonyl (C=O) groups is 4. The van der Waals surface area contributed by atoms with Crippen LogP contribution in [0.25, 0.3) is 0 Å². The number of nitrogens with zero attached hydrogens (tertiary/aromatic N) is 1. The van der Waals surface area contributed by atoms with Gasteiger partial charge in [-0.1, -0.05) is 219 Å². The van der Waals surface area contributed by atoms with Gasteiger partial charge >= 0.3 is 23.9 Å². The fraction of sp³-hybridized carbons (Fsp3) is 0.846. The van der Waals surface area contributed by atoms with E-state index >= 15 is 0 Å². The summed E-state index contributed by atoms with van der Waals surface area (Å²) >= 11 is 0. The summed E-state index contributed by atoms with van der Waals surface area (Å²) in [6.45, 7) is 7.04. The lowest BCUT2D eigenvalue weighted by Crippen LogP contribution is -2.42. The van der Waals surface area contributed by atoms with Crippen LogP contribution in [0.4, 0.5) is 0 Å². The Morgan fingerprint density at radius 3 is 1.00 bits per heavy atom. The van der Waals surface area contributed by atoms with Gasteiger partial charge in [0.1, 0.15) is 12.7 Å². The first-order valence-corrected chi connectivity index (χ1v) is 31.2. The monoisotopic (exact) mass is 1060 g/mol. The highest BCUT2D eigenvalue weighted by Gasteiger charge is 2.52. The minimum absolute atomic E-state index is 0. The van der Waals surface area contributed by atoms with E-state index in [1.165, 1.54) is 135 Å². The van der Waals surface area contributed by atoms with Crippen molar-refractivity contribution in [2.45, 2.75) is 329 Å². The molecule has 10 heteroatoms. The third-order valence-corrected chi connectivity index (χ3v) is 14.1. The van der Waals surface area contributed by atoms with E-state index in [-0.39, 0.29) is 39.7 Å². The minimum atomic E-state index is -1.30. The van der Waals surface area contributed by atoms with Crippen LogP contribution in [-0.4, -0.2) is 80.6 Å². The summed E-state index contributed by atoms with van der Waals surface area (Å²) in [7, 11) is 3.76. The highest BCUT2D eigenvalue weighted by molar-refractivity contribution is 5.72. The fourth-order valence-corrected chi connectivity index (χ4v) is 9.38. The van der Waals surface area contributed by atoms with Gasteiger partial charge in [-0.15, -0.1) is 0 Å². The summed E-state index contributed by atoms with van der Waals surface area (Å²) in [4.78, 5) is 55.0. The molecule has 0 bridgehead atoms. The molecule has 0 amide bonds. The van der Waals surface area contributed by atoms with E-state index in [1.54, 1.807) is 0 Å². The fourth-order valence-electron chi connectivity index (χ4n) is 9.38. The molecule has 0 aromatic rings. The predicted octanol–water partition coefficient (Wildman–Crippen LogP) is 18.3. The van der Waals surface area contributed by atoms with Crippen molar-refractivity contribution in [1.29, 1.82) is 0 Å². The first-order valence-electron chi connectivity index (χ1n) is 31.2. The number of hydrogen-bond acceptors (Lipinski definition) is 10. The van der Waals surface area contributed by atoms with E-state index in [0.717, 1.165) is 96.3 Å². The first kappa shape index (κ1) is 72.0. The average molecular weight is 1060 g/mol. The molecule has 0 aromatic heterocycles. The zero-order chi connectivity index (χ0) is 53.8. The predicted molar refractivity (Wildman–Crippen MR) is 314 cm³/mol. The smallest absolute Gasteiger partial charge is 0.308 e. The quantitative estimate of drug-likeness (QED) is 0.0252. The molecule has 1 unspecified atom stereocenters. The van der Waals surface area contributed by atoms with Crippen LogP contribution in [0, 0.1) is 0 Å². The van der Waals surface area contributed by atoms with Crippen molar-refractivity contribution in [3.63, 3.8) is 0 Å². The summed E-state index contributed by atoms with van der Waals surface area (Å²) in [5, 5.41) is 0. The van der Waals surface area contributed by atoms with Crippen molar-refractivity contribution in [3.05, 3.63) is 36.5 Å². The number of hydrogen-bond donors (Lipinski definition) is 0. The molecule has 0 aromatic carbocycles. The molecule has 438 valence electrons.